The summed E-state index contributed by atoms with van der Waals surface area (Å²) in [6.07, 6.45) is 6.21. The first kappa shape index (κ1) is 29.9. The average molecular weight is 561 g/mol. The van der Waals surface area contributed by atoms with Gasteiger partial charge in [-0.15, -0.1) is 0 Å². The molecule has 4 aliphatic carbocycles. The van der Waals surface area contributed by atoms with Gasteiger partial charge in [-0.25, -0.2) is 4.79 Å². The number of hydrogen-bond donors (Lipinski definition) is 4. The number of nitrogens with two attached hydrogens (primary N) is 1. The Bertz CT molecular complexity index is 1150. The number of amides is 2. The van der Waals surface area contributed by atoms with Gasteiger partial charge >= 0.3 is 11.9 Å². The summed E-state index contributed by atoms with van der Waals surface area (Å²) in [6.45, 7) is 3.64. The number of aliphatic hydroxyl groups is 1. The third-order valence-electron chi connectivity index (χ3n) is 10.5. The minimum absolute atomic E-state index is 0.0188. The van der Waals surface area contributed by atoms with Crippen LogP contribution in [-0.4, -0.2) is 63.8 Å². The Balaban J connectivity index is 1.33. The van der Waals surface area contributed by atoms with Crippen molar-refractivity contribution in [3.05, 3.63) is 11.6 Å². The topological polar surface area (TPSA) is 190 Å². The van der Waals surface area contributed by atoms with Crippen LogP contribution in [0.5, 0.6) is 0 Å². The number of carbonyl (C=O) groups is 6. The summed E-state index contributed by atoms with van der Waals surface area (Å²) >= 11 is 0. The van der Waals surface area contributed by atoms with Gasteiger partial charge in [-0.3, -0.25) is 24.0 Å². The maximum atomic E-state index is 13.3. The molecule has 7 atom stereocenters. The number of esters is 1. The fraction of sp³-hybridized carbons (Fsp3) is 0.724. The van der Waals surface area contributed by atoms with Gasteiger partial charge in [0.05, 0.1) is 12.8 Å². The average Bonchev–Trinajstić information content (AvgIpc) is 3.17. The van der Waals surface area contributed by atoms with Crippen LogP contribution >= 0.6 is 0 Å². The van der Waals surface area contributed by atoms with E-state index in [0.717, 1.165) is 25.7 Å². The first-order valence-corrected chi connectivity index (χ1v) is 14.2. The molecule has 4 aliphatic rings. The van der Waals surface area contributed by atoms with Crippen molar-refractivity contribution in [2.75, 3.05) is 6.61 Å². The zero-order valence-corrected chi connectivity index (χ0v) is 23.2. The molecule has 11 heteroatoms. The summed E-state index contributed by atoms with van der Waals surface area (Å²) < 4.78 is 5.12. The van der Waals surface area contributed by atoms with Gasteiger partial charge in [0.25, 0.3) is 0 Å². The molecule has 5 N–H and O–H groups in total. The van der Waals surface area contributed by atoms with Crippen LogP contribution in [0.1, 0.15) is 84.5 Å². The molecule has 0 bridgehead atoms. The van der Waals surface area contributed by atoms with Crippen LogP contribution in [0.4, 0.5) is 0 Å². The summed E-state index contributed by atoms with van der Waals surface area (Å²) in [5.41, 5.74) is 3.95. The van der Waals surface area contributed by atoms with Crippen molar-refractivity contribution in [3.63, 3.8) is 0 Å². The molecule has 40 heavy (non-hydrogen) atoms. The lowest BCUT2D eigenvalue weighted by atomic mass is 9.46. The fourth-order valence-corrected chi connectivity index (χ4v) is 8.25. The summed E-state index contributed by atoms with van der Waals surface area (Å²) in [4.78, 5) is 71.8. The number of ketones is 2. The molecule has 11 nitrogen and oxygen atoms in total. The molecule has 4 rings (SSSR count). The number of hydrogen-bond acceptors (Lipinski definition) is 8. The fourth-order valence-electron chi connectivity index (χ4n) is 8.25. The van der Waals surface area contributed by atoms with Gasteiger partial charge in [-0.2, -0.15) is 0 Å². The first-order valence-electron chi connectivity index (χ1n) is 14.2. The highest BCUT2D eigenvalue weighted by Gasteiger charge is 2.66. The number of Topliss-reactive ketones (excluding diaryl/α,β-unsaturated/α-hetero) is 1. The van der Waals surface area contributed by atoms with Crippen molar-refractivity contribution in [2.45, 2.75) is 96.1 Å². The lowest BCUT2D eigenvalue weighted by Crippen LogP contribution is -2.58. The van der Waals surface area contributed by atoms with Crippen molar-refractivity contribution < 1.29 is 43.7 Å². The van der Waals surface area contributed by atoms with Crippen LogP contribution in [0.15, 0.2) is 11.6 Å². The van der Waals surface area contributed by atoms with Gasteiger partial charge in [0.2, 0.25) is 17.6 Å². The lowest BCUT2D eigenvalue weighted by Gasteiger charge is -2.58. The van der Waals surface area contributed by atoms with Gasteiger partial charge in [0.15, 0.2) is 12.4 Å². The molecule has 2 amide bonds. The van der Waals surface area contributed by atoms with E-state index in [9.17, 15) is 33.9 Å². The van der Waals surface area contributed by atoms with E-state index in [1.807, 2.05) is 13.0 Å². The van der Waals surface area contributed by atoms with Gasteiger partial charge in [0.1, 0.15) is 11.6 Å². The van der Waals surface area contributed by atoms with Gasteiger partial charge in [-0.1, -0.05) is 19.4 Å². The summed E-state index contributed by atoms with van der Waals surface area (Å²) in [5.74, 6) is -3.38. The number of fused-ring (bicyclic) bond motifs is 5. The molecule has 3 saturated carbocycles. The van der Waals surface area contributed by atoms with E-state index < -0.39 is 72.5 Å². The van der Waals surface area contributed by atoms with E-state index in [0.29, 0.717) is 37.5 Å². The minimum Gasteiger partial charge on any atom is -0.480 e. The smallest absolute Gasteiger partial charge is 0.326 e. The van der Waals surface area contributed by atoms with E-state index in [1.165, 1.54) is 5.57 Å². The molecular weight excluding hydrogens is 520 g/mol. The summed E-state index contributed by atoms with van der Waals surface area (Å²) in [5, 5.41) is 22.9. The number of nitrogens with one attached hydrogen (secondary N) is 1. The maximum Gasteiger partial charge on any atom is 0.326 e. The Morgan fingerprint density at radius 3 is 2.42 bits per heavy atom. The number of aliphatic carboxylic acids is 1. The second-order valence-corrected chi connectivity index (χ2v) is 12.5. The summed E-state index contributed by atoms with van der Waals surface area (Å²) in [7, 11) is 0. The first-order chi connectivity index (χ1) is 18.7. The normalized spacial score (nSPS) is 35.3. The molecule has 0 aromatic rings. The zero-order valence-electron chi connectivity index (χ0n) is 23.2. The number of primary amides is 1. The lowest BCUT2D eigenvalue weighted by molar-refractivity contribution is -0.170. The SMILES string of the molecule is C[C@]12CCC(=O)C=C1CC[C@@H]1[C@@H]2CC[C@@]2(C)[C@H]1CC[C@]2(O)C(=O)COC(=O)CCC(=O)N[C@@H](CC(N)=O)C(=O)O. The largest absolute Gasteiger partial charge is 0.480 e. The van der Waals surface area contributed by atoms with Crippen LogP contribution < -0.4 is 11.1 Å². The van der Waals surface area contributed by atoms with Crippen molar-refractivity contribution in [1.29, 1.82) is 0 Å². The predicted octanol–water partition coefficient (Wildman–Crippen LogP) is 1.59. The molecule has 0 saturated heterocycles. The third kappa shape index (κ3) is 5.32. The predicted molar refractivity (Wildman–Crippen MR) is 140 cm³/mol. The van der Waals surface area contributed by atoms with E-state index in [2.05, 4.69) is 12.2 Å². The molecule has 0 heterocycles. The van der Waals surface area contributed by atoms with Crippen molar-refractivity contribution in [3.8, 4) is 0 Å². The standard InChI is InChI=1S/C29H40N2O9/c1-27-10-7-17(32)13-16(27)3-4-18-19(27)8-11-28(2)20(18)9-12-29(28,39)22(33)15-40-25(36)6-5-24(35)31-21(26(37)38)14-23(30)34/h13,18-21,39H,3-12,14-15H2,1-2H3,(H2,30,34)(H,31,35)(H,37,38)/t18-,19+,20+,21+,27+,28+,29+/m1/s1. The van der Waals surface area contributed by atoms with E-state index in [4.69, 9.17) is 15.6 Å². The van der Waals surface area contributed by atoms with Crippen LogP contribution in [0.2, 0.25) is 0 Å². The van der Waals surface area contributed by atoms with Crippen molar-refractivity contribution in [2.24, 2.45) is 34.3 Å². The van der Waals surface area contributed by atoms with E-state index in [-0.39, 0.29) is 17.1 Å². The Morgan fingerprint density at radius 1 is 1.05 bits per heavy atom. The zero-order chi connectivity index (χ0) is 29.5. The van der Waals surface area contributed by atoms with Crippen LogP contribution in [0.3, 0.4) is 0 Å². The highest BCUT2D eigenvalue weighted by molar-refractivity contribution is 5.92. The molecule has 0 unspecified atom stereocenters. The minimum atomic E-state index is -1.62. The number of allylic oxidation sites excluding steroid dienone is 1. The van der Waals surface area contributed by atoms with Gasteiger partial charge in [-0.05, 0) is 74.2 Å². The molecule has 0 radical (unpaired) electrons. The number of carboxylic acids is 1. The number of carboxylic acid groups (broad SMARTS) is 1. The molecule has 0 spiro atoms. The highest BCUT2D eigenvalue weighted by Crippen LogP contribution is 2.67. The number of ether oxygens (including phenoxy) is 1. The summed E-state index contributed by atoms with van der Waals surface area (Å²) in [6, 6.07) is -1.50. The van der Waals surface area contributed by atoms with Crippen LogP contribution in [0, 0.1) is 28.6 Å². The third-order valence-corrected chi connectivity index (χ3v) is 10.5. The Hall–Kier alpha value is -3.08. The molecule has 0 aromatic heterocycles. The molecule has 0 aliphatic heterocycles. The molecule has 0 aromatic carbocycles. The highest BCUT2D eigenvalue weighted by atomic mass is 16.5. The van der Waals surface area contributed by atoms with E-state index >= 15 is 0 Å². The molecular formula is C29H40N2O9. The Morgan fingerprint density at radius 2 is 1.75 bits per heavy atom. The Kier molecular flexibility index (Phi) is 8.27. The maximum absolute atomic E-state index is 13.3. The van der Waals surface area contributed by atoms with Gasteiger partial charge in [0, 0.05) is 18.3 Å². The second kappa shape index (κ2) is 11.1. The Labute approximate surface area is 233 Å². The monoisotopic (exact) mass is 560 g/mol. The van der Waals surface area contributed by atoms with Crippen LogP contribution in [0.25, 0.3) is 0 Å². The number of rotatable bonds is 10. The van der Waals surface area contributed by atoms with E-state index in [1.54, 1.807) is 0 Å². The van der Waals surface area contributed by atoms with Crippen LogP contribution in [-0.2, 0) is 33.5 Å². The molecule has 220 valence electrons. The quantitative estimate of drug-likeness (QED) is 0.287. The molecule has 3 fully saturated rings. The number of carbonyl (C=O) groups excluding carboxylic acids is 5. The second-order valence-electron chi connectivity index (χ2n) is 12.5. The van der Waals surface area contributed by atoms with Crippen molar-refractivity contribution in [1.82, 2.24) is 5.32 Å². The van der Waals surface area contributed by atoms with Crippen molar-refractivity contribution >= 4 is 35.3 Å². The van der Waals surface area contributed by atoms with Gasteiger partial charge < -0.3 is 26.0 Å².